The van der Waals surface area contributed by atoms with E-state index in [1.165, 1.54) is 18.4 Å². The van der Waals surface area contributed by atoms with Gasteiger partial charge in [-0.1, -0.05) is 0 Å². The number of nitrogens with zero attached hydrogens (tertiary/aromatic N) is 2. The van der Waals surface area contributed by atoms with Gasteiger partial charge >= 0.3 is 0 Å². The summed E-state index contributed by atoms with van der Waals surface area (Å²) in [4.78, 5) is 0. The second-order valence-corrected chi connectivity index (χ2v) is 6.51. The lowest BCUT2D eigenvalue weighted by Gasteiger charge is -2.18. The largest absolute Gasteiger partial charge is 0.381 e. The molecule has 108 valence electrons. The topological polar surface area (TPSA) is 39.1 Å². The molecule has 1 saturated carbocycles. The van der Waals surface area contributed by atoms with E-state index in [4.69, 9.17) is 4.74 Å². The first-order chi connectivity index (χ1) is 9.05. The molecule has 0 atom stereocenters. The van der Waals surface area contributed by atoms with Crippen LogP contribution in [0.2, 0.25) is 0 Å². The lowest BCUT2D eigenvalue weighted by molar-refractivity contribution is 0.122. The minimum Gasteiger partial charge on any atom is -0.381 e. The SMILES string of the molecule is CC(C)(C)n1cc(CNCCCOCC2CC2)cn1. The van der Waals surface area contributed by atoms with Crippen LogP contribution in [-0.4, -0.2) is 29.5 Å². The Balaban J connectivity index is 1.53. The number of nitrogens with one attached hydrogen (secondary N) is 1. The molecule has 4 nitrogen and oxygen atoms in total. The third-order valence-corrected chi connectivity index (χ3v) is 3.35. The number of ether oxygens (including phenoxy) is 1. The van der Waals surface area contributed by atoms with Crippen molar-refractivity contribution in [3.05, 3.63) is 18.0 Å². The van der Waals surface area contributed by atoms with Gasteiger partial charge in [0, 0.05) is 31.5 Å². The van der Waals surface area contributed by atoms with E-state index in [0.717, 1.165) is 38.6 Å². The van der Waals surface area contributed by atoms with Crippen LogP contribution in [0.4, 0.5) is 0 Å². The number of hydrogen-bond donors (Lipinski definition) is 1. The average Bonchev–Trinajstić information content (AvgIpc) is 3.02. The Bertz CT molecular complexity index is 377. The highest BCUT2D eigenvalue weighted by atomic mass is 16.5. The number of hydrogen-bond acceptors (Lipinski definition) is 3. The van der Waals surface area contributed by atoms with Crippen molar-refractivity contribution in [2.75, 3.05) is 19.8 Å². The van der Waals surface area contributed by atoms with Crippen LogP contribution >= 0.6 is 0 Å². The van der Waals surface area contributed by atoms with Crippen molar-refractivity contribution in [1.29, 1.82) is 0 Å². The summed E-state index contributed by atoms with van der Waals surface area (Å²) in [5.74, 6) is 0.871. The second kappa shape index (κ2) is 6.53. The van der Waals surface area contributed by atoms with Gasteiger partial charge in [-0.3, -0.25) is 4.68 Å². The van der Waals surface area contributed by atoms with Gasteiger partial charge in [0.05, 0.1) is 11.7 Å². The number of aromatic nitrogens is 2. The molecule has 0 radical (unpaired) electrons. The minimum atomic E-state index is 0.0644. The molecule has 0 unspecified atom stereocenters. The molecule has 0 spiro atoms. The molecular weight excluding hydrogens is 238 g/mol. The lowest BCUT2D eigenvalue weighted by atomic mass is 10.1. The van der Waals surface area contributed by atoms with Gasteiger partial charge in [0.25, 0.3) is 0 Å². The van der Waals surface area contributed by atoms with Crippen molar-refractivity contribution in [2.24, 2.45) is 5.92 Å². The standard InChI is InChI=1S/C15H27N3O/c1-15(2,3)18-11-14(10-17-18)9-16-7-4-8-19-12-13-5-6-13/h10-11,13,16H,4-9,12H2,1-3H3. The summed E-state index contributed by atoms with van der Waals surface area (Å²) in [6.07, 6.45) is 7.89. The first kappa shape index (κ1) is 14.5. The third kappa shape index (κ3) is 5.33. The summed E-state index contributed by atoms with van der Waals surface area (Å²) in [7, 11) is 0. The van der Waals surface area contributed by atoms with Gasteiger partial charge in [0.1, 0.15) is 0 Å². The molecule has 1 heterocycles. The van der Waals surface area contributed by atoms with Crippen LogP contribution in [0.5, 0.6) is 0 Å². The van der Waals surface area contributed by atoms with Gasteiger partial charge in [-0.25, -0.2) is 0 Å². The molecule has 0 saturated heterocycles. The molecule has 0 aliphatic heterocycles. The summed E-state index contributed by atoms with van der Waals surface area (Å²) in [6, 6.07) is 0. The lowest BCUT2D eigenvalue weighted by Crippen LogP contribution is -2.22. The molecule has 1 aromatic rings. The Morgan fingerprint density at radius 2 is 2.21 bits per heavy atom. The fourth-order valence-electron chi connectivity index (χ4n) is 1.88. The smallest absolute Gasteiger partial charge is 0.0543 e. The van der Waals surface area contributed by atoms with Gasteiger partial charge in [-0.15, -0.1) is 0 Å². The molecule has 1 aliphatic carbocycles. The normalized spacial score (nSPS) is 15.9. The van der Waals surface area contributed by atoms with Gasteiger partial charge in [0.2, 0.25) is 0 Å². The van der Waals surface area contributed by atoms with Crippen molar-refractivity contribution in [2.45, 2.75) is 52.1 Å². The second-order valence-electron chi connectivity index (χ2n) is 6.51. The molecule has 19 heavy (non-hydrogen) atoms. The van der Waals surface area contributed by atoms with Crippen LogP contribution in [0.25, 0.3) is 0 Å². The maximum absolute atomic E-state index is 5.60. The summed E-state index contributed by atoms with van der Waals surface area (Å²) >= 11 is 0. The van der Waals surface area contributed by atoms with E-state index in [2.05, 4.69) is 37.4 Å². The van der Waals surface area contributed by atoms with E-state index in [1.807, 2.05) is 10.9 Å². The highest BCUT2D eigenvalue weighted by Gasteiger charge is 2.20. The third-order valence-electron chi connectivity index (χ3n) is 3.35. The predicted molar refractivity (Wildman–Crippen MR) is 77.1 cm³/mol. The molecular formula is C15H27N3O. The number of rotatable bonds is 8. The van der Waals surface area contributed by atoms with Crippen LogP contribution in [0.15, 0.2) is 12.4 Å². The van der Waals surface area contributed by atoms with E-state index < -0.39 is 0 Å². The summed E-state index contributed by atoms with van der Waals surface area (Å²) in [5, 5.41) is 7.83. The zero-order chi connectivity index (χ0) is 13.7. The molecule has 1 aliphatic rings. The van der Waals surface area contributed by atoms with Gasteiger partial charge in [-0.05, 0) is 52.5 Å². The maximum Gasteiger partial charge on any atom is 0.0543 e. The summed E-state index contributed by atoms with van der Waals surface area (Å²) < 4.78 is 7.62. The van der Waals surface area contributed by atoms with E-state index >= 15 is 0 Å². The summed E-state index contributed by atoms with van der Waals surface area (Å²) in [6.45, 7) is 10.2. The van der Waals surface area contributed by atoms with Crippen LogP contribution in [0.1, 0.15) is 45.6 Å². The van der Waals surface area contributed by atoms with E-state index in [0.29, 0.717) is 0 Å². The Hall–Kier alpha value is -0.870. The minimum absolute atomic E-state index is 0.0644. The van der Waals surface area contributed by atoms with Crippen LogP contribution in [-0.2, 0) is 16.8 Å². The Labute approximate surface area is 116 Å². The van der Waals surface area contributed by atoms with Crippen LogP contribution < -0.4 is 5.32 Å². The van der Waals surface area contributed by atoms with Gasteiger partial charge < -0.3 is 10.1 Å². The van der Waals surface area contributed by atoms with E-state index in [9.17, 15) is 0 Å². The molecule has 0 amide bonds. The van der Waals surface area contributed by atoms with Crippen molar-refractivity contribution in [1.82, 2.24) is 15.1 Å². The molecule has 4 heteroatoms. The monoisotopic (exact) mass is 265 g/mol. The van der Waals surface area contributed by atoms with Crippen LogP contribution in [0.3, 0.4) is 0 Å². The fourth-order valence-corrected chi connectivity index (χ4v) is 1.88. The van der Waals surface area contributed by atoms with E-state index in [-0.39, 0.29) is 5.54 Å². The summed E-state index contributed by atoms with van der Waals surface area (Å²) in [5.41, 5.74) is 1.31. The first-order valence-corrected chi connectivity index (χ1v) is 7.38. The predicted octanol–water partition coefficient (Wildman–Crippen LogP) is 2.54. The average molecular weight is 265 g/mol. The van der Waals surface area contributed by atoms with E-state index in [1.54, 1.807) is 0 Å². The van der Waals surface area contributed by atoms with Crippen molar-refractivity contribution >= 4 is 0 Å². The Kier molecular flexibility index (Phi) is 4.99. The maximum atomic E-state index is 5.60. The van der Waals surface area contributed by atoms with Gasteiger partial charge in [-0.2, -0.15) is 5.10 Å². The Morgan fingerprint density at radius 3 is 2.84 bits per heavy atom. The molecule has 1 fully saturated rings. The fraction of sp³-hybridized carbons (Fsp3) is 0.800. The molecule has 0 aromatic carbocycles. The molecule has 0 bridgehead atoms. The molecule has 1 N–H and O–H groups in total. The highest BCUT2D eigenvalue weighted by Crippen LogP contribution is 2.28. The zero-order valence-corrected chi connectivity index (χ0v) is 12.5. The molecule has 2 rings (SSSR count). The Morgan fingerprint density at radius 1 is 1.42 bits per heavy atom. The first-order valence-electron chi connectivity index (χ1n) is 7.38. The molecule has 1 aromatic heterocycles. The highest BCUT2D eigenvalue weighted by molar-refractivity contribution is 5.04. The van der Waals surface area contributed by atoms with Crippen molar-refractivity contribution in [3.8, 4) is 0 Å². The zero-order valence-electron chi connectivity index (χ0n) is 12.5. The van der Waals surface area contributed by atoms with Crippen LogP contribution in [0, 0.1) is 5.92 Å². The van der Waals surface area contributed by atoms with Crippen molar-refractivity contribution < 1.29 is 4.74 Å². The quantitative estimate of drug-likeness (QED) is 0.734. The van der Waals surface area contributed by atoms with Gasteiger partial charge in [0.15, 0.2) is 0 Å². The van der Waals surface area contributed by atoms with Crippen molar-refractivity contribution in [3.63, 3.8) is 0 Å².